The van der Waals surface area contributed by atoms with Gasteiger partial charge in [0.15, 0.2) is 6.10 Å². The van der Waals surface area contributed by atoms with E-state index >= 15 is 0 Å². The van der Waals surface area contributed by atoms with E-state index < -0.39 is 35.5 Å². The van der Waals surface area contributed by atoms with Crippen molar-refractivity contribution in [1.82, 2.24) is 0 Å². The van der Waals surface area contributed by atoms with Gasteiger partial charge < -0.3 is 15.3 Å². The average molecular weight is 214 g/mol. The molecule has 13 heavy (non-hydrogen) atoms. The fourth-order valence-electron chi connectivity index (χ4n) is 0.447. The molecule has 76 valence electrons. The van der Waals surface area contributed by atoms with Crippen molar-refractivity contribution in [2.45, 2.75) is 12.2 Å². The molecule has 8 nitrogen and oxygen atoms in total. The molecule has 0 aromatic carbocycles. The Morgan fingerprint density at radius 1 is 1.23 bits per heavy atom. The Morgan fingerprint density at radius 3 is 1.92 bits per heavy atom. The summed E-state index contributed by atoms with van der Waals surface area (Å²) in [6, 6.07) is 0. The van der Waals surface area contributed by atoms with Crippen LogP contribution in [-0.2, 0) is 25.1 Å². The molecule has 0 amide bonds. The first-order valence-electron chi connectivity index (χ1n) is 2.78. The first-order valence-corrected chi connectivity index (χ1v) is 3.81. The van der Waals surface area contributed by atoms with Crippen LogP contribution in [0.1, 0.15) is 0 Å². The minimum Gasteiger partial charge on any atom is -0.479 e. The Bertz CT molecular complexity index is 236. The highest BCUT2D eigenvalue weighted by molar-refractivity contribution is 7.74. The summed E-state index contributed by atoms with van der Waals surface area (Å²) < 4.78 is 21.8. The lowest BCUT2D eigenvalue weighted by Gasteiger charge is -2.12. The van der Waals surface area contributed by atoms with Crippen LogP contribution in [0.4, 0.5) is 0 Å². The lowest BCUT2D eigenvalue weighted by Crippen LogP contribution is -2.42. The number of carboxylic acids is 2. The number of rotatable bonds is 5. The molecule has 0 radical (unpaired) electrons. The molecule has 0 aliphatic carbocycles. The van der Waals surface area contributed by atoms with Crippen LogP contribution in [0.15, 0.2) is 0 Å². The van der Waals surface area contributed by atoms with Crippen LogP contribution in [-0.4, -0.2) is 48.2 Å². The number of aliphatic hydroxyl groups is 1. The molecular weight excluding hydrogens is 208 g/mol. The number of carboxylic acid groups (broad SMARTS) is 2. The maximum absolute atomic E-state index is 10.2. The molecule has 0 aromatic rings. The third-order valence-corrected chi connectivity index (χ3v) is 1.34. The highest BCUT2D eigenvalue weighted by Crippen LogP contribution is 2.02. The van der Waals surface area contributed by atoms with Crippen molar-refractivity contribution in [2.75, 3.05) is 0 Å². The largest absolute Gasteiger partial charge is 0.479 e. The minimum absolute atomic E-state index is 1.85. The molecule has 4 N–H and O–H groups in total. The SMILES string of the molecule is O=C(O)C(O)C(OS(=O)O)C(=O)O. The first-order chi connectivity index (χ1) is 5.86. The predicted molar refractivity (Wildman–Crippen MR) is 36.9 cm³/mol. The standard InChI is InChI=1S/C4H6O8S/c5-1(3(6)7)2(4(8)9)12-13(10)11/h1-2,5H,(H,6,7)(H,8,9)(H,10,11). The van der Waals surface area contributed by atoms with Gasteiger partial charge in [0.25, 0.3) is 0 Å². The van der Waals surface area contributed by atoms with Crippen LogP contribution in [0, 0.1) is 0 Å². The Morgan fingerprint density at radius 2 is 1.69 bits per heavy atom. The van der Waals surface area contributed by atoms with E-state index in [4.69, 9.17) is 19.9 Å². The summed E-state index contributed by atoms with van der Waals surface area (Å²) in [6.45, 7) is 0. The van der Waals surface area contributed by atoms with E-state index in [1.807, 2.05) is 0 Å². The number of hydrogen-bond acceptors (Lipinski definition) is 5. The molecule has 0 bridgehead atoms. The zero-order valence-corrected chi connectivity index (χ0v) is 6.80. The van der Waals surface area contributed by atoms with E-state index in [1.165, 1.54) is 0 Å². The highest BCUT2D eigenvalue weighted by Gasteiger charge is 2.34. The molecule has 0 aromatic heterocycles. The number of carbonyl (C=O) groups is 2. The van der Waals surface area contributed by atoms with Gasteiger partial charge in [-0.15, -0.1) is 0 Å². The smallest absolute Gasteiger partial charge is 0.337 e. The van der Waals surface area contributed by atoms with Crippen LogP contribution in [0.5, 0.6) is 0 Å². The van der Waals surface area contributed by atoms with Gasteiger partial charge in [-0.25, -0.2) is 13.8 Å². The second kappa shape index (κ2) is 4.87. The van der Waals surface area contributed by atoms with Crippen molar-refractivity contribution < 1.29 is 37.9 Å². The van der Waals surface area contributed by atoms with E-state index in [1.54, 1.807) is 0 Å². The summed E-state index contributed by atoms with van der Waals surface area (Å²) in [6.07, 6.45) is -4.67. The van der Waals surface area contributed by atoms with Crippen LogP contribution < -0.4 is 0 Å². The van der Waals surface area contributed by atoms with Gasteiger partial charge in [0, 0.05) is 0 Å². The predicted octanol–water partition coefficient (Wildman–Crippen LogP) is -1.96. The zero-order chi connectivity index (χ0) is 10.6. The molecule has 0 fully saturated rings. The quantitative estimate of drug-likeness (QED) is 0.386. The van der Waals surface area contributed by atoms with Gasteiger partial charge in [-0.2, -0.15) is 4.21 Å². The van der Waals surface area contributed by atoms with Gasteiger partial charge >= 0.3 is 23.3 Å². The number of aliphatic carboxylic acids is 2. The van der Waals surface area contributed by atoms with E-state index in [0.29, 0.717) is 0 Å². The Hall–Kier alpha value is -1.03. The van der Waals surface area contributed by atoms with Crippen LogP contribution >= 0.6 is 0 Å². The average Bonchev–Trinajstić information content (AvgIpc) is 1.97. The Labute approximate surface area is 74.2 Å². The number of hydrogen-bond donors (Lipinski definition) is 4. The fraction of sp³-hybridized carbons (Fsp3) is 0.500. The second-order valence-electron chi connectivity index (χ2n) is 1.86. The van der Waals surface area contributed by atoms with Crippen molar-refractivity contribution in [1.29, 1.82) is 0 Å². The number of aliphatic hydroxyl groups excluding tert-OH is 1. The van der Waals surface area contributed by atoms with Crippen LogP contribution in [0.25, 0.3) is 0 Å². The Balaban J connectivity index is 4.51. The van der Waals surface area contributed by atoms with Gasteiger partial charge in [-0.05, 0) is 0 Å². The molecule has 0 saturated carbocycles. The molecule has 0 spiro atoms. The van der Waals surface area contributed by atoms with E-state index in [-0.39, 0.29) is 0 Å². The molecule has 0 saturated heterocycles. The van der Waals surface area contributed by atoms with Gasteiger partial charge in [-0.1, -0.05) is 0 Å². The topological polar surface area (TPSA) is 141 Å². The third kappa shape index (κ3) is 3.94. The summed E-state index contributed by atoms with van der Waals surface area (Å²) >= 11 is -2.96. The first kappa shape index (κ1) is 12.0. The van der Waals surface area contributed by atoms with Crippen molar-refractivity contribution in [2.24, 2.45) is 0 Å². The lowest BCUT2D eigenvalue weighted by molar-refractivity contribution is -0.163. The molecule has 0 aliphatic rings. The highest BCUT2D eigenvalue weighted by atomic mass is 32.2. The van der Waals surface area contributed by atoms with Crippen molar-refractivity contribution >= 4 is 23.3 Å². The van der Waals surface area contributed by atoms with E-state index in [9.17, 15) is 13.8 Å². The summed E-state index contributed by atoms with van der Waals surface area (Å²) in [5, 5.41) is 25.0. The molecule has 0 heterocycles. The molecule has 0 aliphatic heterocycles. The second-order valence-corrected chi connectivity index (χ2v) is 2.48. The molecule has 3 atom stereocenters. The zero-order valence-electron chi connectivity index (χ0n) is 5.98. The van der Waals surface area contributed by atoms with Gasteiger partial charge in [-0.3, -0.25) is 4.55 Å². The van der Waals surface area contributed by atoms with Gasteiger partial charge in [0.05, 0.1) is 0 Å². The maximum Gasteiger partial charge on any atom is 0.337 e. The van der Waals surface area contributed by atoms with E-state index in [0.717, 1.165) is 0 Å². The molecule has 0 rings (SSSR count). The van der Waals surface area contributed by atoms with Crippen LogP contribution in [0.2, 0.25) is 0 Å². The molecular formula is C4H6O8S. The minimum atomic E-state index is -2.96. The molecule has 9 heteroatoms. The summed E-state index contributed by atoms with van der Waals surface area (Å²) in [5.74, 6) is -3.71. The van der Waals surface area contributed by atoms with Gasteiger partial charge in [0.2, 0.25) is 6.10 Å². The summed E-state index contributed by atoms with van der Waals surface area (Å²) in [5.41, 5.74) is 0. The summed E-state index contributed by atoms with van der Waals surface area (Å²) in [7, 11) is 0. The van der Waals surface area contributed by atoms with Crippen molar-refractivity contribution in [3.05, 3.63) is 0 Å². The lowest BCUT2D eigenvalue weighted by atomic mass is 10.2. The van der Waals surface area contributed by atoms with Crippen molar-refractivity contribution in [3.63, 3.8) is 0 Å². The monoisotopic (exact) mass is 214 g/mol. The maximum atomic E-state index is 10.2. The van der Waals surface area contributed by atoms with E-state index in [2.05, 4.69) is 4.18 Å². The summed E-state index contributed by atoms with van der Waals surface area (Å²) in [4.78, 5) is 20.2. The Kier molecular flexibility index (Phi) is 4.48. The third-order valence-electron chi connectivity index (χ3n) is 0.969. The molecule has 3 unspecified atom stereocenters. The van der Waals surface area contributed by atoms with Crippen molar-refractivity contribution in [3.8, 4) is 0 Å². The fourth-order valence-corrected chi connectivity index (χ4v) is 0.812. The normalized spacial score (nSPS) is 17.4. The van der Waals surface area contributed by atoms with Gasteiger partial charge in [0.1, 0.15) is 0 Å². The van der Waals surface area contributed by atoms with Crippen LogP contribution in [0.3, 0.4) is 0 Å².